The first-order valence-electron chi connectivity index (χ1n) is 11.8. The number of aryl methyl sites for hydroxylation is 2. The van der Waals surface area contributed by atoms with Crippen molar-refractivity contribution in [3.8, 4) is 11.5 Å². The molecule has 2 bridgehead atoms. The van der Waals surface area contributed by atoms with Crippen LogP contribution in [-0.2, 0) is 4.79 Å². The summed E-state index contributed by atoms with van der Waals surface area (Å²) in [5.41, 5.74) is 3.62. The second-order valence-electron chi connectivity index (χ2n) is 9.17. The zero-order valence-electron chi connectivity index (χ0n) is 20.3. The molecule has 2 N–H and O–H groups in total. The van der Waals surface area contributed by atoms with E-state index in [-0.39, 0.29) is 11.9 Å². The van der Waals surface area contributed by atoms with Gasteiger partial charge in [-0.15, -0.1) is 0 Å². The normalized spacial score (nSPS) is 22.5. The molecule has 0 saturated carbocycles. The number of nitrogens with zero attached hydrogens (tertiary/aromatic N) is 1. The monoisotopic (exact) mass is 487 g/mol. The lowest BCUT2D eigenvalue weighted by molar-refractivity contribution is -0.130. The molecule has 0 aromatic heterocycles. The highest BCUT2D eigenvalue weighted by Gasteiger charge is 2.59. The van der Waals surface area contributed by atoms with E-state index in [9.17, 15) is 4.79 Å². The van der Waals surface area contributed by atoms with Crippen molar-refractivity contribution in [3.63, 3.8) is 0 Å². The van der Waals surface area contributed by atoms with Gasteiger partial charge in [-0.05, 0) is 81.9 Å². The number of hydrogen-bond acceptors (Lipinski definition) is 4. The van der Waals surface area contributed by atoms with E-state index in [0.717, 1.165) is 39.6 Å². The summed E-state index contributed by atoms with van der Waals surface area (Å²) < 4.78 is 12.2. The number of fused-ring (bicyclic) bond motifs is 4. The molecule has 1 amide bonds. The largest absolute Gasteiger partial charge is 0.494 e. The molecule has 7 heteroatoms. The second kappa shape index (κ2) is 8.89. The van der Waals surface area contributed by atoms with Gasteiger partial charge in [0.2, 0.25) is 5.91 Å². The van der Waals surface area contributed by atoms with Gasteiger partial charge in [0.05, 0.1) is 12.6 Å². The second-order valence-corrected chi connectivity index (χ2v) is 9.56. The Balaban J connectivity index is 1.58. The third-order valence-corrected chi connectivity index (χ3v) is 7.04. The van der Waals surface area contributed by atoms with Gasteiger partial charge >= 0.3 is 0 Å². The zero-order valence-corrected chi connectivity index (χ0v) is 21.1. The molecule has 1 fully saturated rings. The smallest absolute Gasteiger partial charge is 0.236 e. The minimum absolute atomic E-state index is 0.134. The van der Waals surface area contributed by atoms with Crippen LogP contribution in [0.2, 0.25) is 0 Å². The number of amides is 1. The van der Waals surface area contributed by atoms with Gasteiger partial charge in [0, 0.05) is 16.9 Å². The van der Waals surface area contributed by atoms with Crippen LogP contribution in [0.5, 0.6) is 11.5 Å². The van der Waals surface area contributed by atoms with Crippen LogP contribution in [0.1, 0.15) is 36.6 Å². The average Bonchev–Trinajstić information content (AvgIpc) is 2.81. The molecule has 3 aromatic carbocycles. The van der Waals surface area contributed by atoms with Gasteiger partial charge < -0.3 is 20.1 Å². The number of ether oxygens (including phenoxy) is 2. The molecule has 3 atom stereocenters. The lowest BCUT2D eigenvalue weighted by atomic mass is 9.78. The third-order valence-electron chi connectivity index (χ3n) is 6.74. The van der Waals surface area contributed by atoms with Gasteiger partial charge in [0.15, 0.2) is 10.8 Å². The van der Waals surface area contributed by atoms with Crippen molar-refractivity contribution < 1.29 is 14.3 Å². The minimum Gasteiger partial charge on any atom is -0.494 e. The lowest BCUT2D eigenvalue weighted by Gasteiger charge is -2.56. The molecule has 2 aliphatic heterocycles. The first-order chi connectivity index (χ1) is 16.8. The molecule has 3 aromatic rings. The van der Waals surface area contributed by atoms with Crippen LogP contribution < -0.4 is 25.0 Å². The molecule has 35 heavy (non-hydrogen) atoms. The zero-order chi connectivity index (χ0) is 24.7. The maximum Gasteiger partial charge on any atom is 0.236 e. The molecule has 2 heterocycles. The Morgan fingerprint density at radius 3 is 2.60 bits per heavy atom. The van der Waals surface area contributed by atoms with Gasteiger partial charge in [0.25, 0.3) is 0 Å². The maximum atomic E-state index is 13.9. The van der Waals surface area contributed by atoms with Crippen molar-refractivity contribution in [3.05, 3.63) is 83.4 Å². The lowest BCUT2D eigenvalue weighted by Crippen LogP contribution is -2.72. The number of carbonyl (C=O) groups is 1. The highest BCUT2D eigenvalue weighted by atomic mass is 32.1. The molecule has 180 valence electrons. The number of rotatable bonds is 5. The van der Waals surface area contributed by atoms with Crippen molar-refractivity contribution in [2.45, 2.75) is 39.5 Å². The topological polar surface area (TPSA) is 62.8 Å². The van der Waals surface area contributed by atoms with Crippen molar-refractivity contribution in [2.24, 2.45) is 5.92 Å². The molecule has 2 aliphatic rings. The predicted molar refractivity (Wildman–Crippen MR) is 142 cm³/mol. The quantitative estimate of drug-likeness (QED) is 0.464. The molecule has 0 aliphatic carbocycles. The summed E-state index contributed by atoms with van der Waals surface area (Å²) >= 11 is 5.82. The molecule has 5 rings (SSSR count). The number of hydrogen-bond donors (Lipinski definition) is 2. The summed E-state index contributed by atoms with van der Waals surface area (Å²) in [7, 11) is 0. The van der Waals surface area contributed by atoms with Gasteiger partial charge in [-0.25, -0.2) is 0 Å². The average molecular weight is 488 g/mol. The number of para-hydroxylation sites is 1. The number of carbonyl (C=O) groups excluding carboxylic acids is 1. The summed E-state index contributed by atoms with van der Waals surface area (Å²) in [6.07, 6.45) is 0. The highest BCUT2D eigenvalue weighted by molar-refractivity contribution is 7.80. The van der Waals surface area contributed by atoms with E-state index in [1.807, 2.05) is 93.3 Å². The molecular formula is C28H29N3O3S. The van der Waals surface area contributed by atoms with Crippen LogP contribution in [0.25, 0.3) is 0 Å². The Kier molecular flexibility index (Phi) is 5.89. The molecular weight excluding hydrogens is 458 g/mol. The van der Waals surface area contributed by atoms with Crippen molar-refractivity contribution in [2.75, 3.05) is 16.8 Å². The SMILES string of the molecule is CCOc1ccc(N2C(=S)N[C@H]3c4ccccc4O[C@@]2(C)[C@H]3C(=O)Nc2ccc(C)cc2C)cc1. The predicted octanol–water partition coefficient (Wildman–Crippen LogP) is 5.50. The first-order valence-corrected chi connectivity index (χ1v) is 12.2. The summed E-state index contributed by atoms with van der Waals surface area (Å²) in [5.74, 6) is 0.789. The van der Waals surface area contributed by atoms with Crippen LogP contribution >= 0.6 is 12.2 Å². The van der Waals surface area contributed by atoms with E-state index in [4.69, 9.17) is 21.7 Å². The Morgan fingerprint density at radius 2 is 1.89 bits per heavy atom. The van der Waals surface area contributed by atoms with E-state index in [1.54, 1.807) is 0 Å². The van der Waals surface area contributed by atoms with E-state index in [0.29, 0.717) is 11.7 Å². The van der Waals surface area contributed by atoms with Crippen molar-refractivity contribution in [1.29, 1.82) is 0 Å². The van der Waals surface area contributed by atoms with Crippen LogP contribution in [0.3, 0.4) is 0 Å². The summed E-state index contributed by atoms with van der Waals surface area (Å²) in [5, 5.41) is 7.11. The summed E-state index contributed by atoms with van der Waals surface area (Å²) in [6.45, 7) is 8.51. The fourth-order valence-electron chi connectivity index (χ4n) is 5.14. The van der Waals surface area contributed by atoms with Crippen LogP contribution in [0.15, 0.2) is 66.7 Å². The molecule has 1 saturated heterocycles. The molecule has 0 radical (unpaired) electrons. The van der Waals surface area contributed by atoms with Gasteiger partial charge in [-0.1, -0.05) is 35.9 Å². The fourth-order valence-corrected chi connectivity index (χ4v) is 5.55. The number of nitrogens with one attached hydrogen (secondary N) is 2. The number of benzene rings is 3. The van der Waals surface area contributed by atoms with Gasteiger partial charge in [-0.2, -0.15) is 0 Å². The molecule has 6 nitrogen and oxygen atoms in total. The van der Waals surface area contributed by atoms with E-state index >= 15 is 0 Å². The Hall–Kier alpha value is -3.58. The van der Waals surface area contributed by atoms with Crippen LogP contribution in [0, 0.1) is 19.8 Å². The Bertz CT molecular complexity index is 1290. The van der Waals surface area contributed by atoms with Crippen molar-refractivity contribution >= 4 is 34.6 Å². The van der Waals surface area contributed by atoms with E-state index < -0.39 is 11.6 Å². The third kappa shape index (κ3) is 4.00. The summed E-state index contributed by atoms with van der Waals surface area (Å²) in [4.78, 5) is 15.8. The molecule has 0 unspecified atom stereocenters. The number of thiocarbonyl (C=S) groups is 1. The number of anilines is 2. The van der Waals surface area contributed by atoms with E-state index in [2.05, 4.69) is 16.7 Å². The fraction of sp³-hybridized carbons (Fsp3) is 0.286. The van der Waals surface area contributed by atoms with E-state index in [1.165, 1.54) is 0 Å². The van der Waals surface area contributed by atoms with Gasteiger partial charge in [0.1, 0.15) is 17.4 Å². The highest BCUT2D eigenvalue weighted by Crippen LogP contribution is 2.49. The molecule has 0 spiro atoms. The van der Waals surface area contributed by atoms with Crippen molar-refractivity contribution in [1.82, 2.24) is 5.32 Å². The Labute approximate surface area is 211 Å². The Morgan fingerprint density at radius 1 is 1.14 bits per heavy atom. The first kappa shape index (κ1) is 23.2. The minimum atomic E-state index is -1.06. The maximum absolute atomic E-state index is 13.9. The van der Waals surface area contributed by atoms with Gasteiger partial charge in [-0.3, -0.25) is 9.69 Å². The van der Waals surface area contributed by atoms with Crippen LogP contribution in [0.4, 0.5) is 11.4 Å². The summed E-state index contributed by atoms with van der Waals surface area (Å²) in [6, 6.07) is 21.2. The van der Waals surface area contributed by atoms with Crippen LogP contribution in [-0.4, -0.2) is 23.4 Å². The standard InChI is InChI=1S/C28H29N3O3S/c1-5-33-20-13-11-19(12-14-20)31-27(35)30-25-21-8-6-7-9-23(21)34-28(31,4)24(25)26(32)29-22-15-10-17(2)16-18(22)3/h6-16,24-25H,5H2,1-4H3,(H,29,32)(H,30,35)/t24-,25+,28+/m1/s1.